The number of nitrogens with two attached hydrogens (primary N) is 1. The van der Waals surface area contributed by atoms with E-state index in [1.54, 1.807) is 0 Å². The predicted octanol–water partition coefficient (Wildman–Crippen LogP) is 2.17. The molecule has 2 fully saturated rings. The van der Waals surface area contributed by atoms with Gasteiger partial charge in [-0.2, -0.15) is 11.8 Å². The number of fused-ring (bicyclic) bond motifs is 2. The van der Waals surface area contributed by atoms with Crippen molar-refractivity contribution in [2.75, 3.05) is 11.5 Å². The highest BCUT2D eigenvalue weighted by Gasteiger charge is 2.49. The monoisotopic (exact) mass is 215 g/mol. The van der Waals surface area contributed by atoms with Gasteiger partial charge in [-0.25, -0.2) is 0 Å². The van der Waals surface area contributed by atoms with Gasteiger partial charge in [0.05, 0.1) is 12.2 Å². The quantitative estimate of drug-likeness (QED) is 0.714. The van der Waals surface area contributed by atoms with Crippen molar-refractivity contribution >= 4 is 11.8 Å². The molecule has 2 rings (SSSR count). The van der Waals surface area contributed by atoms with E-state index >= 15 is 0 Å². The van der Waals surface area contributed by atoms with Crippen molar-refractivity contribution in [1.29, 1.82) is 0 Å². The Labute approximate surface area is 91.0 Å². The summed E-state index contributed by atoms with van der Waals surface area (Å²) in [6, 6.07) is 0. The predicted molar refractivity (Wildman–Crippen MR) is 61.7 cm³/mol. The molecule has 3 atom stereocenters. The van der Waals surface area contributed by atoms with Gasteiger partial charge in [-0.05, 0) is 43.6 Å². The van der Waals surface area contributed by atoms with E-state index in [1.165, 1.54) is 30.8 Å². The Balaban J connectivity index is 1.74. The highest BCUT2D eigenvalue weighted by atomic mass is 32.2. The van der Waals surface area contributed by atoms with Crippen LogP contribution >= 0.6 is 11.8 Å². The molecule has 0 aromatic carbocycles. The molecule has 3 unspecified atom stereocenters. The van der Waals surface area contributed by atoms with Gasteiger partial charge in [-0.1, -0.05) is 6.92 Å². The second kappa shape index (κ2) is 4.42. The van der Waals surface area contributed by atoms with Crippen LogP contribution in [0.1, 0.15) is 39.0 Å². The van der Waals surface area contributed by atoms with Crippen molar-refractivity contribution in [2.24, 2.45) is 5.73 Å². The van der Waals surface area contributed by atoms with Crippen LogP contribution in [0.5, 0.6) is 0 Å². The average molecular weight is 215 g/mol. The summed E-state index contributed by atoms with van der Waals surface area (Å²) in [5.74, 6) is 2.48. The van der Waals surface area contributed by atoms with Gasteiger partial charge in [0.15, 0.2) is 0 Å². The molecule has 3 heteroatoms. The van der Waals surface area contributed by atoms with Gasteiger partial charge in [-0.15, -0.1) is 0 Å². The zero-order chi connectivity index (χ0) is 10.0. The molecule has 0 spiro atoms. The van der Waals surface area contributed by atoms with Crippen molar-refractivity contribution in [3.05, 3.63) is 0 Å². The number of rotatable bonds is 5. The first-order valence-electron chi connectivity index (χ1n) is 5.77. The van der Waals surface area contributed by atoms with Gasteiger partial charge in [0.1, 0.15) is 0 Å². The molecule has 0 radical (unpaired) electrons. The molecule has 82 valence electrons. The minimum Gasteiger partial charge on any atom is -0.373 e. The van der Waals surface area contributed by atoms with Crippen LogP contribution in [0.3, 0.4) is 0 Å². The van der Waals surface area contributed by atoms with Gasteiger partial charge < -0.3 is 10.5 Å². The highest BCUT2D eigenvalue weighted by molar-refractivity contribution is 7.99. The first-order valence-corrected chi connectivity index (χ1v) is 6.92. The van der Waals surface area contributed by atoms with E-state index in [9.17, 15) is 0 Å². The zero-order valence-corrected chi connectivity index (χ0v) is 9.81. The van der Waals surface area contributed by atoms with E-state index in [-0.39, 0.29) is 5.54 Å². The minimum atomic E-state index is 0.0250. The second-order valence-electron chi connectivity index (χ2n) is 4.56. The van der Waals surface area contributed by atoms with Crippen molar-refractivity contribution in [2.45, 2.75) is 56.8 Å². The third-order valence-corrected chi connectivity index (χ3v) is 4.48. The van der Waals surface area contributed by atoms with E-state index in [0.29, 0.717) is 12.2 Å². The summed E-state index contributed by atoms with van der Waals surface area (Å²) in [7, 11) is 0. The van der Waals surface area contributed by atoms with Crippen LogP contribution in [-0.4, -0.2) is 29.3 Å². The maximum Gasteiger partial charge on any atom is 0.0760 e. The van der Waals surface area contributed by atoms with E-state index in [4.69, 9.17) is 10.5 Å². The molecule has 0 amide bonds. The molecule has 0 aromatic heterocycles. The van der Waals surface area contributed by atoms with E-state index in [1.807, 2.05) is 11.8 Å². The van der Waals surface area contributed by atoms with Crippen LogP contribution < -0.4 is 5.73 Å². The molecule has 2 aliphatic rings. The number of ether oxygens (including phenoxy) is 1. The van der Waals surface area contributed by atoms with E-state index in [0.717, 1.165) is 12.8 Å². The lowest BCUT2D eigenvalue weighted by Gasteiger charge is -2.31. The number of hydrogen-bond acceptors (Lipinski definition) is 3. The van der Waals surface area contributed by atoms with Crippen LogP contribution in [-0.2, 0) is 4.74 Å². The van der Waals surface area contributed by atoms with Crippen molar-refractivity contribution in [3.63, 3.8) is 0 Å². The van der Waals surface area contributed by atoms with Crippen molar-refractivity contribution in [3.8, 4) is 0 Å². The molecular weight excluding hydrogens is 194 g/mol. The second-order valence-corrected chi connectivity index (χ2v) is 5.96. The molecule has 2 nitrogen and oxygen atoms in total. The molecule has 0 aromatic rings. The third kappa shape index (κ3) is 2.10. The maximum absolute atomic E-state index is 6.39. The largest absolute Gasteiger partial charge is 0.373 e. The Bertz CT molecular complexity index is 200. The van der Waals surface area contributed by atoms with Gasteiger partial charge >= 0.3 is 0 Å². The van der Waals surface area contributed by atoms with Crippen LogP contribution in [0.4, 0.5) is 0 Å². The summed E-state index contributed by atoms with van der Waals surface area (Å²) in [5, 5.41) is 0. The Kier molecular flexibility index (Phi) is 3.40. The molecule has 0 saturated carbocycles. The molecule has 2 heterocycles. The Hall–Kier alpha value is 0.270. The van der Waals surface area contributed by atoms with Gasteiger partial charge in [0, 0.05) is 5.54 Å². The maximum atomic E-state index is 6.39. The van der Waals surface area contributed by atoms with Crippen molar-refractivity contribution < 1.29 is 4.74 Å². The first kappa shape index (κ1) is 10.8. The topological polar surface area (TPSA) is 35.2 Å². The van der Waals surface area contributed by atoms with Gasteiger partial charge in [0.25, 0.3) is 0 Å². The van der Waals surface area contributed by atoms with Crippen LogP contribution in [0, 0.1) is 0 Å². The highest BCUT2D eigenvalue weighted by Crippen LogP contribution is 2.42. The molecular formula is C11H21NOS. The lowest BCUT2D eigenvalue weighted by Crippen LogP contribution is -2.48. The summed E-state index contributed by atoms with van der Waals surface area (Å²) in [6.07, 6.45) is 6.81. The molecule has 0 aliphatic carbocycles. The molecule has 2 aliphatic heterocycles. The lowest BCUT2D eigenvalue weighted by molar-refractivity contribution is 0.0837. The standard InChI is InChI=1S/C11H21NOS/c1-2-14-7-3-6-11(12)8-9-4-5-10(11)13-9/h9-10H,2-8,12H2,1H3. The Morgan fingerprint density at radius 1 is 1.50 bits per heavy atom. The average Bonchev–Trinajstić information content (AvgIpc) is 2.72. The number of thioether (sulfide) groups is 1. The lowest BCUT2D eigenvalue weighted by atomic mass is 9.79. The Morgan fingerprint density at radius 3 is 2.93 bits per heavy atom. The van der Waals surface area contributed by atoms with Crippen molar-refractivity contribution in [1.82, 2.24) is 0 Å². The van der Waals surface area contributed by atoms with Crippen LogP contribution in [0.2, 0.25) is 0 Å². The molecule has 14 heavy (non-hydrogen) atoms. The first-order chi connectivity index (χ1) is 6.74. The molecule has 2 N–H and O–H groups in total. The fraction of sp³-hybridized carbons (Fsp3) is 1.00. The molecule has 2 bridgehead atoms. The summed E-state index contributed by atoms with van der Waals surface area (Å²) in [6.45, 7) is 2.21. The minimum absolute atomic E-state index is 0.0250. The van der Waals surface area contributed by atoms with E-state index in [2.05, 4.69) is 6.92 Å². The summed E-state index contributed by atoms with van der Waals surface area (Å²) >= 11 is 2.01. The van der Waals surface area contributed by atoms with Crippen LogP contribution in [0.25, 0.3) is 0 Å². The van der Waals surface area contributed by atoms with Crippen LogP contribution in [0.15, 0.2) is 0 Å². The van der Waals surface area contributed by atoms with Gasteiger partial charge in [0.2, 0.25) is 0 Å². The SMILES string of the molecule is CCSCCCC1(N)CC2CCC1O2. The summed E-state index contributed by atoms with van der Waals surface area (Å²) in [5.41, 5.74) is 6.42. The summed E-state index contributed by atoms with van der Waals surface area (Å²) < 4.78 is 5.81. The molecule has 2 saturated heterocycles. The van der Waals surface area contributed by atoms with Gasteiger partial charge in [-0.3, -0.25) is 0 Å². The smallest absolute Gasteiger partial charge is 0.0760 e. The number of hydrogen-bond donors (Lipinski definition) is 1. The summed E-state index contributed by atoms with van der Waals surface area (Å²) in [4.78, 5) is 0. The normalized spacial score (nSPS) is 40.7. The zero-order valence-electron chi connectivity index (χ0n) is 9.00. The Morgan fingerprint density at radius 2 is 2.36 bits per heavy atom. The fourth-order valence-corrected chi connectivity index (χ4v) is 3.38. The third-order valence-electron chi connectivity index (χ3n) is 3.49. The van der Waals surface area contributed by atoms with E-state index < -0.39 is 0 Å². The fourth-order valence-electron chi connectivity index (χ4n) is 2.74.